The summed E-state index contributed by atoms with van der Waals surface area (Å²) in [5.41, 5.74) is -3.03. The summed E-state index contributed by atoms with van der Waals surface area (Å²) < 4.78 is 41.6. The highest BCUT2D eigenvalue weighted by Crippen LogP contribution is 2.40. The van der Waals surface area contributed by atoms with Crippen LogP contribution >= 0.6 is 24.0 Å². The van der Waals surface area contributed by atoms with Crippen molar-refractivity contribution in [3.8, 4) is 0 Å². The molecule has 0 aliphatic carbocycles. The lowest BCUT2D eigenvalue weighted by Crippen LogP contribution is -2.45. The maximum Gasteiger partial charge on any atom is 0.424 e. The van der Waals surface area contributed by atoms with Gasteiger partial charge in [-0.3, -0.25) is 4.99 Å². The number of rotatable bonds is 8. The second kappa shape index (κ2) is 11.0. The van der Waals surface area contributed by atoms with E-state index in [1.807, 2.05) is 18.9 Å². The molecule has 2 N–H and O–H groups in total. The molecular weight excluding hydrogens is 462 g/mol. The van der Waals surface area contributed by atoms with E-state index in [1.54, 1.807) is 0 Å². The van der Waals surface area contributed by atoms with Gasteiger partial charge in [0.25, 0.3) is 0 Å². The third-order valence-electron chi connectivity index (χ3n) is 3.94. The van der Waals surface area contributed by atoms with Gasteiger partial charge in [0.05, 0.1) is 0 Å². The summed E-state index contributed by atoms with van der Waals surface area (Å²) in [6.07, 6.45) is -0.862. The molecule has 0 aliphatic rings. The maximum absolute atomic E-state index is 13.5. The van der Waals surface area contributed by atoms with E-state index in [0.717, 1.165) is 19.4 Å². The highest BCUT2D eigenvalue weighted by molar-refractivity contribution is 14.0. The SMILES string of the molecule is CCCCN(C)C(=NCCC(O)(c1nccn1C)C(F)(F)F)NCC.I. The molecule has 1 atom stereocenters. The van der Waals surface area contributed by atoms with E-state index in [4.69, 9.17) is 0 Å². The van der Waals surface area contributed by atoms with Crippen molar-refractivity contribution in [3.05, 3.63) is 18.2 Å². The molecule has 10 heteroatoms. The van der Waals surface area contributed by atoms with Gasteiger partial charge in [-0.15, -0.1) is 24.0 Å². The second-order valence-electron chi connectivity index (χ2n) is 5.98. The van der Waals surface area contributed by atoms with E-state index >= 15 is 0 Å². The number of hydrogen-bond donors (Lipinski definition) is 2. The fourth-order valence-electron chi connectivity index (χ4n) is 2.44. The lowest BCUT2D eigenvalue weighted by Gasteiger charge is -2.29. The molecule has 0 amide bonds. The second-order valence-corrected chi connectivity index (χ2v) is 5.98. The van der Waals surface area contributed by atoms with Gasteiger partial charge in [-0.25, -0.2) is 4.98 Å². The molecule has 0 fully saturated rings. The average molecular weight is 491 g/mol. The smallest absolute Gasteiger partial charge is 0.374 e. The summed E-state index contributed by atoms with van der Waals surface area (Å²) in [5, 5.41) is 13.4. The van der Waals surface area contributed by atoms with Crippen LogP contribution in [0.15, 0.2) is 17.4 Å². The van der Waals surface area contributed by atoms with Crippen LogP contribution in [0.25, 0.3) is 0 Å². The first-order valence-electron chi connectivity index (χ1n) is 8.43. The number of nitrogens with one attached hydrogen (secondary N) is 1. The minimum atomic E-state index is -4.84. The van der Waals surface area contributed by atoms with Gasteiger partial charge in [0.1, 0.15) is 5.82 Å². The van der Waals surface area contributed by atoms with Crippen LogP contribution < -0.4 is 5.32 Å². The fourth-order valence-corrected chi connectivity index (χ4v) is 2.44. The van der Waals surface area contributed by atoms with Crippen LogP contribution in [-0.4, -0.2) is 58.4 Å². The standard InChI is InChI=1S/C16H28F3N5O.HI/c1-5-7-11-24(4)14(20-6-2)22-9-8-15(25,16(17,18)19)13-21-10-12-23(13)3;/h10,12,25H,5-9,11H2,1-4H3,(H,20,22);1H. The van der Waals surface area contributed by atoms with Crippen molar-refractivity contribution in [1.29, 1.82) is 0 Å². The number of imidazole rings is 1. The van der Waals surface area contributed by atoms with Crippen molar-refractivity contribution in [2.75, 3.05) is 26.7 Å². The predicted octanol–water partition coefficient (Wildman–Crippen LogP) is 2.88. The molecule has 0 spiro atoms. The largest absolute Gasteiger partial charge is 0.424 e. The first kappa shape index (κ1) is 25.0. The van der Waals surface area contributed by atoms with Crippen LogP contribution in [-0.2, 0) is 12.6 Å². The van der Waals surface area contributed by atoms with Crippen LogP contribution in [0.1, 0.15) is 38.9 Å². The van der Waals surface area contributed by atoms with E-state index in [9.17, 15) is 18.3 Å². The van der Waals surface area contributed by atoms with Crippen LogP contribution in [0.4, 0.5) is 13.2 Å². The van der Waals surface area contributed by atoms with Crippen LogP contribution in [0, 0.1) is 0 Å². The lowest BCUT2D eigenvalue weighted by atomic mass is 9.98. The Hall–Kier alpha value is -1.04. The number of guanidine groups is 1. The summed E-state index contributed by atoms with van der Waals surface area (Å²) >= 11 is 0. The highest BCUT2D eigenvalue weighted by Gasteiger charge is 2.57. The number of aromatic nitrogens is 2. The Labute approximate surface area is 169 Å². The van der Waals surface area contributed by atoms with Crippen LogP contribution in [0.2, 0.25) is 0 Å². The minimum absolute atomic E-state index is 0. The molecule has 0 radical (unpaired) electrons. The number of aryl methyl sites for hydroxylation is 1. The van der Waals surface area contributed by atoms with Gasteiger partial charge >= 0.3 is 6.18 Å². The molecule has 1 rings (SSSR count). The fraction of sp³-hybridized carbons (Fsp3) is 0.750. The lowest BCUT2D eigenvalue weighted by molar-refractivity contribution is -0.272. The number of nitrogens with zero attached hydrogens (tertiary/aromatic N) is 4. The van der Waals surface area contributed by atoms with Gasteiger partial charge in [0.15, 0.2) is 5.96 Å². The molecule has 1 aromatic heterocycles. The zero-order valence-electron chi connectivity index (χ0n) is 15.7. The van der Waals surface area contributed by atoms with Gasteiger partial charge in [-0.2, -0.15) is 13.2 Å². The van der Waals surface area contributed by atoms with E-state index in [1.165, 1.54) is 24.0 Å². The molecule has 0 saturated heterocycles. The molecule has 1 aromatic rings. The summed E-state index contributed by atoms with van der Waals surface area (Å²) in [7, 11) is 3.26. The van der Waals surface area contributed by atoms with Crippen molar-refractivity contribution in [2.24, 2.45) is 12.0 Å². The molecule has 0 aromatic carbocycles. The first-order valence-corrected chi connectivity index (χ1v) is 8.43. The van der Waals surface area contributed by atoms with Gasteiger partial charge < -0.3 is 19.9 Å². The zero-order chi connectivity index (χ0) is 19.1. The molecule has 1 unspecified atom stereocenters. The normalized spacial score (nSPS) is 14.5. The Morgan fingerprint density at radius 1 is 1.38 bits per heavy atom. The third-order valence-corrected chi connectivity index (χ3v) is 3.94. The number of unbranched alkanes of at least 4 members (excludes halogenated alkanes) is 1. The van der Waals surface area contributed by atoms with Crippen molar-refractivity contribution in [3.63, 3.8) is 0 Å². The molecule has 6 nitrogen and oxygen atoms in total. The topological polar surface area (TPSA) is 65.7 Å². The summed E-state index contributed by atoms with van der Waals surface area (Å²) in [6, 6.07) is 0. The van der Waals surface area contributed by atoms with E-state index < -0.39 is 24.0 Å². The van der Waals surface area contributed by atoms with Gasteiger partial charge in [-0.1, -0.05) is 13.3 Å². The summed E-state index contributed by atoms with van der Waals surface area (Å²) in [4.78, 5) is 9.80. The van der Waals surface area contributed by atoms with Crippen molar-refractivity contribution in [1.82, 2.24) is 19.8 Å². The van der Waals surface area contributed by atoms with E-state index in [-0.39, 0.29) is 30.5 Å². The maximum atomic E-state index is 13.5. The summed E-state index contributed by atoms with van der Waals surface area (Å²) in [5.74, 6) is 0.0971. The van der Waals surface area contributed by atoms with Gasteiger partial charge in [0, 0.05) is 52.5 Å². The molecule has 0 bridgehead atoms. The molecule has 152 valence electrons. The number of halogens is 4. The molecule has 1 heterocycles. The number of aliphatic hydroxyl groups is 1. The average Bonchev–Trinajstić information content (AvgIpc) is 2.97. The zero-order valence-corrected chi connectivity index (χ0v) is 18.0. The highest BCUT2D eigenvalue weighted by atomic mass is 127. The Morgan fingerprint density at radius 3 is 2.50 bits per heavy atom. The monoisotopic (exact) mass is 491 g/mol. The Balaban J connectivity index is 0.00000625. The molecule has 0 saturated carbocycles. The molecule has 0 aliphatic heterocycles. The number of hydrogen-bond acceptors (Lipinski definition) is 3. The quantitative estimate of drug-likeness (QED) is 0.334. The third kappa shape index (κ3) is 6.29. The van der Waals surface area contributed by atoms with E-state index in [2.05, 4.69) is 22.2 Å². The Kier molecular flexibility index (Phi) is 10.5. The number of aliphatic imine (C=N–C) groups is 1. The number of alkyl halides is 3. The Morgan fingerprint density at radius 2 is 2.04 bits per heavy atom. The van der Waals surface area contributed by atoms with Crippen LogP contribution in [0.5, 0.6) is 0 Å². The van der Waals surface area contributed by atoms with Crippen molar-refractivity contribution < 1.29 is 18.3 Å². The van der Waals surface area contributed by atoms with Crippen molar-refractivity contribution >= 4 is 29.9 Å². The minimum Gasteiger partial charge on any atom is -0.374 e. The molecule has 26 heavy (non-hydrogen) atoms. The van der Waals surface area contributed by atoms with Crippen molar-refractivity contribution in [2.45, 2.75) is 44.9 Å². The van der Waals surface area contributed by atoms with Gasteiger partial charge in [-0.05, 0) is 13.3 Å². The van der Waals surface area contributed by atoms with Gasteiger partial charge in [0.2, 0.25) is 5.60 Å². The molecular formula is C16H29F3IN5O. The summed E-state index contributed by atoms with van der Waals surface area (Å²) in [6.45, 7) is 5.14. The van der Waals surface area contributed by atoms with E-state index in [0.29, 0.717) is 12.5 Å². The first-order chi connectivity index (χ1) is 11.7. The predicted molar refractivity (Wildman–Crippen MR) is 107 cm³/mol. The Bertz CT molecular complexity index is 564. The van der Waals surface area contributed by atoms with Crippen LogP contribution in [0.3, 0.4) is 0 Å².